The van der Waals surface area contributed by atoms with E-state index in [0.29, 0.717) is 17.5 Å². The molecular formula is C54H41N3S. The molecule has 0 radical (unpaired) electrons. The van der Waals surface area contributed by atoms with Crippen molar-refractivity contribution < 1.29 is 0 Å². The van der Waals surface area contributed by atoms with Crippen LogP contribution in [0.4, 0.5) is 0 Å². The second-order valence-corrected chi connectivity index (χ2v) is 18.8. The van der Waals surface area contributed by atoms with Gasteiger partial charge >= 0.3 is 0 Å². The summed E-state index contributed by atoms with van der Waals surface area (Å²) < 4.78 is 2.54. The molecule has 2 heterocycles. The Morgan fingerprint density at radius 3 is 1.83 bits per heavy atom. The zero-order valence-corrected chi connectivity index (χ0v) is 33.3. The van der Waals surface area contributed by atoms with Crippen LogP contribution in [0.5, 0.6) is 0 Å². The lowest BCUT2D eigenvalue weighted by atomic mass is 9.43. The smallest absolute Gasteiger partial charge is 0.164 e. The first-order valence-electron chi connectivity index (χ1n) is 21.1. The van der Waals surface area contributed by atoms with E-state index in [2.05, 4.69) is 134 Å². The Labute approximate surface area is 342 Å². The molecule has 14 rings (SSSR count). The van der Waals surface area contributed by atoms with Crippen LogP contribution in [0.2, 0.25) is 0 Å². The van der Waals surface area contributed by atoms with Crippen molar-refractivity contribution in [2.45, 2.75) is 44.4 Å². The summed E-state index contributed by atoms with van der Waals surface area (Å²) in [7, 11) is 0. The van der Waals surface area contributed by atoms with Crippen molar-refractivity contribution in [1.29, 1.82) is 0 Å². The Morgan fingerprint density at radius 2 is 1.07 bits per heavy atom. The van der Waals surface area contributed by atoms with Gasteiger partial charge in [0.2, 0.25) is 0 Å². The molecule has 3 nitrogen and oxygen atoms in total. The third kappa shape index (κ3) is 4.82. The number of thiophene rings is 1. The molecule has 4 fully saturated rings. The SMILES string of the molecule is Cc1cccc(-c2nc(-c3ccccc3)nc(-c3ccc4c(c3)sc3ccc(-c5ccc6c(c5)C5(c7cc8ccccc8cc7-6)C6CC7CC(C6)CC5C7)cc34)n2)c1. The van der Waals surface area contributed by atoms with Crippen LogP contribution < -0.4 is 0 Å². The quantitative estimate of drug-likeness (QED) is 0.179. The van der Waals surface area contributed by atoms with E-state index >= 15 is 0 Å². The molecule has 0 saturated heterocycles. The van der Waals surface area contributed by atoms with E-state index in [-0.39, 0.29) is 5.41 Å². The van der Waals surface area contributed by atoms with Crippen molar-refractivity contribution >= 4 is 42.3 Å². The normalized spacial score (nSPS) is 22.6. The monoisotopic (exact) mass is 763 g/mol. The van der Waals surface area contributed by atoms with Gasteiger partial charge in [-0.25, -0.2) is 15.0 Å². The van der Waals surface area contributed by atoms with Gasteiger partial charge in [-0.15, -0.1) is 11.3 Å². The summed E-state index contributed by atoms with van der Waals surface area (Å²) in [6.45, 7) is 2.11. The van der Waals surface area contributed by atoms with E-state index in [0.717, 1.165) is 40.4 Å². The maximum atomic E-state index is 5.06. The fraction of sp³-hybridized carbons (Fsp3) is 0.204. The lowest BCUT2D eigenvalue weighted by Gasteiger charge is -2.61. The van der Waals surface area contributed by atoms with Gasteiger partial charge in [-0.2, -0.15) is 0 Å². The van der Waals surface area contributed by atoms with Crippen LogP contribution >= 0.6 is 11.3 Å². The average molecular weight is 764 g/mol. The van der Waals surface area contributed by atoms with Gasteiger partial charge < -0.3 is 0 Å². The number of benzene rings is 7. The number of aromatic nitrogens is 3. The Bertz CT molecular complexity index is 3130. The van der Waals surface area contributed by atoms with Crippen LogP contribution in [0.25, 0.3) is 87.4 Å². The Hall–Kier alpha value is -5.97. The molecule has 7 aromatic carbocycles. The second-order valence-electron chi connectivity index (χ2n) is 17.7. The number of fused-ring (bicyclic) bond motifs is 7. The lowest BCUT2D eigenvalue weighted by Crippen LogP contribution is -2.55. The van der Waals surface area contributed by atoms with Crippen molar-refractivity contribution in [2.75, 3.05) is 0 Å². The van der Waals surface area contributed by atoms with Gasteiger partial charge in [0.15, 0.2) is 17.5 Å². The van der Waals surface area contributed by atoms with E-state index < -0.39 is 0 Å². The zero-order chi connectivity index (χ0) is 38.1. The first-order chi connectivity index (χ1) is 28.5. The van der Waals surface area contributed by atoms with Crippen LogP contribution in [0.15, 0.2) is 146 Å². The molecule has 2 aromatic heterocycles. The minimum atomic E-state index is 0.127. The summed E-state index contributed by atoms with van der Waals surface area (Å²) in [6, 6.07) is 54.2. The van der Waals surface area contributed by atoms with Crippen LogP contribution in [0.1, 0.15) is 48.8 Å². The van der Waals surface area contributed by atoms with Crippen molar-refractivity contribution in [3.05, 3.63) is 162 Å². The molecule has 0 aliphatic heterocycles. The molecule has 0 amide bonds. The minimum absolute atomic E-state index is 0.127. The standard InChI is InChI=1S/C54H41N3S/c1-31-8-7-13-39(20-31)52-55-51(34-9-3-2-4-10-34)56-53(57-52)40-15-18-44-46-27-37(16-19-49(46)58-50(44)30-40)38-14-17-43-45-26-35-11-5-6-12-36(35)28-48(45)54(47(43)29-38)41-22-32-21-33(24-41)25-42(54)23-32/h2-20,26-30,32-33,41-42H,21-25H2,1H3. The first kappa shape index (κ1) is 33.0. The van der Waals surface area contributed by atoms with Gasteiger partial charge in [0.1, 0.15) is 0 Å². The van der Waals surface area contributed by atoms with Gasteiger partial charge in [0.25, 0.3) is 0 Å². The molecule has 0 N–H and O–H groups in total. The third-order valence-corrected chi connectivity index (χ3v) is 15.7. The number of hydrogen-bond donors (Lipinski definition) is 0. The average Bonchev–Trinajstić information content (AvgIpc) is 3.76. The topological polar surface area (TPSA) is 38.7 Å². The first-order valence-corrected chi connectivity index (χ1v) is 21.9. The maximum absolute atomic E-state index is 5.06. The summed E-state index contributed by atoms with van der Waals surface area (Å²) in [5.74, 6) is 5.38. The summed E-state index contributed by atoms with van der Waals surface area (Å²) in [5, 5.41) is 5.33. The van der Waals surface area contributed by atoms with Gasteiger partial charge in [0.05, 0.1) is 0 Å². The Kier molecular flexibility index (Phi) is 6.99. The van der Waals surface area contributed by atoms with Gasteiger partial charge in [-0.1, -0.05) is 109 Å². The molecule has 58 heavy (non-hydrogen) atoms. The Morgan fingerprint density at radius 1 is 0.448 bits per heavy atom. The van der Waals surface area contributed by atoms with E-state index in [4.69, 9.17) is 15.0 Å². The van der Waals surface area contributed by atoms with Gasteiger partial charge in [-0.05, 0) is 149 Å². The zero-order valence-electron chi connectivity index (χ0n) is 32.5. The predicted octanol–water partition coefficient (Wildman–Crippen LogP) is 14.1. The summed E-state index contributed by atoms with van der Waals surface area (Å²) in [5.41, 5.74) is 13.1. The van der Waals surface area contributed by atoms with Crippen molar-refractivity contribution in [3.63, 3.8) is 0 Å². The fourth-order valence-corrected chi connectivity index (χ4v) is 13.4. The fourth-order valence-electron chi connectivity index (χ4n) is 12.3. The van der Waals surface area contributed by atoms with E-state index in [1.165, 1.54) is 90.9 Å². The highest BCUT2D eigenvalue weighted by Gasteiger charge is 2.61. The highest BCUT2D eigenvalue weighted by molar-refractivity contribution is 7.25. The maximum Gasteiger partial charge on any atom is 0.164 e. The predicted molar refractivity (Wildman–Crippen MR) is 240 cm³/mol. The molecule has 1 spiro atoms. The molecule has 0 unspecified atom stereocenters. The number of aryl methyl sites for hydroxylation is 1. The van der Waals surface area contributed by atoms with Crippen molar-refractivity contribution in [1.82, 2.24) is 15.0 Å². The third-order valence-electron chi connectivity index (χ3n) is 14.5. The molecule has 4 saturated carbocycles. The molecule has 9 aromatic rings. The van der Waals surface area contributed by atoms with Crippen LogP contribution in [0, 0.1) is 30.6 Å². The van der Waals surface area contributed by atoms with Gasteiger partial charge in [0, 0.05) is 42.3 Å². The number of nitrogens with zero attached hydrogens (tertiary/aromatic N) is 3. The molecule has 278 valence electrons. The molecule has 0 atom stereocenters. The summed E-state index contributed by atoms with van der Waals surface area (Å²) in [4.78, 5) is 15.1. The van der Waals surface area contributed by atoms with E-state index in [1.807, 2.05) is 29.5 Å². The Balaban J connectivity index is 0.924. The number of rotatable bonds is 4. The second kappa shape index (κ2) is 12.3. The number of hydrogen-bond acceptors (Lipinski definition) is 4. The highest BCUT2D eigenvalue weighted by Crippen LogP contribution is 2.69. The van der Waals surface area contributed by atoms with Crippen LogP contribution in [0.3, 0.4) is 0 Å². The summed E-state index contributed by atoms with van der Waals surface area (Å²) in [6.07, 6.45) is 7.04. The van der Waals surface area contributed by atoms with E-state index in [1.54, 1.807) is 11.1 Å². The molecule has 5 aliphatic carbocycles. The van der Waals surface area contributed by atoms with Gasteiger partial charge in [-0.3, -0.25) is 0 Å². The van der Waals surface area contributed by atoms with Crippen molar-refractivity contribution in [3.8, 4) is 56.4 Å². The molecule has 4 bridgehead atoms. The van der Waals surface area contributed by atoms with Crippen molar-refractivity contribution in [2.24, 2.45) is 23.7 Å². The molecule has 5 aliphatic rings. The largest absolute Gasteiger partial charge is 0.208 e. The van der Waals surface area contributed by atoms with Crippen LogP contribution in [-0.4, -0.2) is 15.0 Å². The van der Waals surface area contributed by atoms with E-state index in [9.17, 15) is 0 Å². The molecular weight excluding hydrogens is 723 g/mol. The van der Waals surface area contributed by atoms with Crippen LogP contribution in [-0.2, 0) is 5.41 Å². The summed E-state index contributed by atoms with van der Waals surface area (Å²) >= 11 is 1.85. The lowest BCUT2D eigenvalue weighted by molar-refractivity contribution is -0.0398. The molecule has 4 heteroatoms. The highest BCUT2D eigenvalue weighted by atomic mass is 32.1. The minimum Gasteiger partial charge on any atom is -0.208 e.